The van der Waals surface area contributed by atoms with E-state index in [0.717, 1.165) is 22.9 Å². The zero-order chi connectivity index (χ0) is 23.0. The smallest absolute Gasteiger partial charge is 0.330 e. The Morgan fingerprint density at radius 3 is 2.20 bits per heavy atom. The van der Waals surface area contributed by atoms with E-state index in [1.165, 1.54) is 4.99 Å². The third-order valence-corrected chi connectivity index (χ3v) is 4.41. The molecule has 30 heavy (non-hydrogen) atoms. The highest BCUT2D eigenvalue weighted by atomic mass is 79.9. The van der Waals surface area contributed by atoms with Gasteiger partial charge in [0, 0.05) is 12.3 Å². The van der Waals surface area contributed by atoms with Crippen LogP contribution < -0.4 is 11.2 Å². The lowest BCUT2D eigenvalue weighted by atomic mass is 10.0. The second-order valence-electron chi connectivity index (χ2n) is 6.16. The molecule has 0 radical (unpaired) electrons. The van der Waals surface area contributed by atoms with Crippen LogP contribution in [0.3, 0.4) is 0 Å². The SMILES string of the molecule is O=CC(O)C(O)C(O)C(O)/C=C/Br.O=c1ccn([C@@H]2O[C@H](CO)[C@@H](O)[C@H]2O)c(=O)[nH]1. The van der Waals surface area contributed by atoms with Crippen molar-refractivity contribution in [2.75, 3.05) is 6.61 Å². The lowest BCUT2D eigenvalue weighted by Crippen LogP contribution is -2.44. The Hall–Kier alpha value is -1.75. The highest BCUT2D eigenvalue weighted by molar-refractivity contribution is 9.11. The largest absolute Gasteiger partial charge is 0.394 e. The number of hydrogen-bond donors (Lipinski definition) is 8. The highest BCUT2D eigenvalue weighted by Gasteiger charge is 2.43. The summed E-state index contributed by atoms with van der Waals surface area (Å²) in [7, 11) is 0. The fourth-order valence-corrected chi connectivity index (χ4v) is 2.72. The van der Waals surface area contributed by atoms with Gasteiger partial charge in [-0.2, -0.15) is 0 Å². The first-order chi connectivity index (χ1) is 14.1. The van der Waals surface area contributed by atoms with Crippen LogP contribution in [0.1, 0.15) is 6.23 Å². The second-order valence-corrected chi connectivity index (χ2v) is 6.69. The first-order valence-electron chi connectivity index (χ1n) is 8.47. The summed E-state index contributed by atoms with van der Waals surface area (Å²) in [4.78, 5) is 35.6. The van der Waals surface area contributed by atoms with Crippen molar-refractivity contribution in [3.63, 3.8) is 0 Å². The summed E-state index contributed by atoms with van der Waals surface area (Å²) in [6.07, 6.45) is -8.69. The van der Waals surface area contributed by atoms with Gasteiger partial charge in [-0.25, -0.2) is 4.79 Å². The first kappa shape index (κ1) is 26.3. The number of carbonyl (C=O) groups excluding carboxylic acids is 1. The van der Waals surface area contributed by atoms with Crippen molar-refractivity contribution < 1.29 is 45.3 Å². The Morgan fingerprint density at radius 1 is 1.13 bits per heavy atom. The molecule has 2 rings (SSSR count). The van der Waals surface area contributed by atoms with E-state index in [9.17, 15) is 24.6 Å². The molecule has 0 spiro atoms. The molecule has 0 bridgehead atoms. The average molecular weight is 499 g/mol. The molecule has 1 aromatic heterocycles. The predicted molar refractivity (Wildman–Crippen MR) is 102 cm³/mol. The van der Waals surface area contributed by atoms with Crippen molar-refractivity contribution >= 4 is 22.2 Å². The van der Waals surface area contributed by atoms with Gasteiger partial charge >= 0.3 is 5.69 Å². The lowest BCUT2D eigenvalue weighted by Gasteiger charge is -2.21. The molecule has 0 saturated carbocycles. The van der Waals surface area contributed by atoms with Gasteiger partial charge in [0.05, 0.1) is 6.61 Å². The minimum atomic E-state index is -1.70. The van der Waals surface area contributed by atoms with Gasteiger partial charge in [0.1, 0.15) is 42.7 Å². The molecule has 1 aliphatic rings. The number of aromatic nitrogens is 2. The molecule has 1 aromatic rings. The first-order valence-corrected chi connectivity index (χ1v) is 9.38. The van der Waals surface area contributed by atoms with Gasteiger partial charge in [-0.05, 0) is 11.1 Å². The van der Waals surface area contributed by atoms with Crippen LogP contribution in [0.15, 0.2) is 32.9 Å². The number of aldehydes is 1. The van der Waals surface area contributed by atoms with E-state index in [2.05, 4.69) is 15.9 Å². The number of H-pyrrole nitrogens is 1. The zero-order valence-corrected chi connectivity index (χ0v) is 16.9. The van der Waals surface area contributed by atoms with E-state index in [4.69, 9.17) is 30.3 Å². The summed E-state index contributed by atoms with van der Waals surface area (Å²) in [6.45, 7) is -0.479. The summed E-state index contributed by atoms with van der Waals surface area (Å²) in [5, 5.41) is 64.1. The number of hydrogen-bond acceptors (Lipinski definition) is 11. The minimum absolute atomic E-state index is 0.0818. The van der Waals surface area contributed by atoms with Crippen molar-refractivity contribution in [1.29, 1.82) is 0 Å². The fraction of sp³-hybridized carbons (Fsp3) is 0.562. The quantitative estimate of drug-likeness (QED) is 0.168. The maximum atomic E-state index is 11.4. The topological polar surface area (TPSA) is 223 Å². The van der Waals surface area contributed by atoms with Crippen molar-refractivity contribution in [1.82, 2.24) is 9.55 Å². The maximum Gasteiger partial charge on any atom is 0.330 e. The average Bonchev–Trinajstić information content (AvgIpc) is 3.01. The van der Waals surface area contributed by atoms with Crippen LogP contribution in [0.4, 0.5) is 0 Å². The monoisotopic (exact) mass is 498 g/mol. The zero-order valence-electron chi connectivity index (χ0n) is 15.3. The van der Waals surface area contributed by atoms with E-state index in [1.807, 2.05) is 4.98 Å². The third-order valence-electron chi connectivity index (χ3n) is 4.10. The van der Waals surface area contributed by atoms with E-state index in [1.54, 1.807) is 0 Å². The van der Waals surface area contributed by atoms with E-state index in [-0.39, 0.29) is 6.29 Å². The Balaban J connectivity index is 0.000000314. The molecule has 13 nitrogen and oxygen atoms in total. The molecule has 170 valence electrons. The number of aliphatic hydroxyl groups excluding tert-OH is 7. The molecule has 1 saturated heterocycles. The molecular weight excluding hydrogens is 476 g/mol. The Labute approximate surface area is 177 Å². The summed E-state index contributed by atoms with van der Waals surface area (Å²) >= 11 is 2.86. The molecular formula is C16H23BrN2O11. The van der Waals surface area contributed by atoms with E-state index < -0.39 is 66.8 Å². The predicted octanol–water partition coefficient (Wildman–Crippen LogP) is -4.31. The van der Waals surface area contributed by atoms with Gasteiger partial charge in [0.15, 0.2) is 12.5 Å². The Kier molecular flexibility index (Phi) is 10.7. The molecule has 8 N–H and O–H groups in total. The van der Waals surface area contributed by atoms with E-state index in [0.29, 0.717) is 0 Å². The van der Waals surface area contributed by atoms with E-state index >= 15 is 0 Å². The number of aromatic amines is 1. The van der Waals surface area contributed by atoms with Crippen LogP contribution >= 0.6 is 15.9 Å². The number of nitrogens with zero attached hydrogens (tertiary/aromatic N) is 1. The summed E-state index contributed by atoms with van der Waals surface area (Å²) < 4.78 is 6.08. The fourth-order valence-electron chi connectivity index (χ4n) is 2.41. The van der Waals surface area contributed by atoms with Crippen LogP contribution in [0.2, 0.25) is 0 Å². The molecule has 0 aromatic carbocycles. The highest BCUT2D eigenvalue weighted by Crippen LogP contribution is 2.27. The maximum absolute atomic E-state index is 11.4. The number of aliphatic hydroxyl groups is 7. The number of halogens is 1. The Bertz CT molecular complexity index is 813. The number of nitrogens with one attached hydrogen (secondary N) is 1. The van der Waals surface area contributed by atoms with Gasteiger partial charge < -0.3 is 45.3 Å². The molecule has 2 heterocycles. The summed E-state index contributed by atoms with van der Waals surface area (Å²) in [5.41, 5.74) is -1.33. The van der Waals surface area contributed by atoms with Gasteiger partial charge in [-0.3, -0.25) is 14.3 Å². The van der Waals surface area contributed by atoms with Gasteiger partial charge in [-0.1, -0.05) is 15.9 Å². The second kappa shape index (κ2) is 12.2. The molecule has 0 aliphatic carbocycles. The molecule has 14 heteroatoms. The van der Waals surface area contributed by atoms with Crippen LogP contribution in [0.5, 0.6) is 0 Å². The Morgan fingerprint density at radius 2 is 1.73 bits per heavy atom. The van der Waals surface area contributed by atoms with Gasteiger partial charge in [-0.15, -0.1) is 0 Å². The standard InChI is InChI=1S/C9H12N2O6.C7H11BrO5/c12-3-4-6(14)7(15)8(17-4)11-2-1-5(13)10-9(11)16;8-2-1-4(10)6(12)7(13)5(11)3-9/h1-2,4,6-8,12,14-15H,3H2,(H,10,13,16);1-7,10-13H/b;2-1+/t4-,6-,7-,8-;/m1./s1. The lowest BCUT2D eigenvalue weighted by molar-refractivity contribution is -0.130. The van der Waals surface area contributed by atoms with Crippen LogP contribution in [0.25, 0.3) is 0 Å². The van der Waals surface area contributed by atoms with Gasteiger partial charge in [0.25, 0.3) is 5.56 Å². The molecule has 1 fully saturated rings. The molecule has 4 unspecified atom stereocenters. The molecule has 1 aliphatic heterocycles. The number of ether oxygens (including phenoxy) is 1. The van der Waals surface area contributed by atoms with Crippen molar-refractivity contribution in [3.8, 4) is 0 Å². The van der Waals surface area contributed by atoms with Crippen molar-refractivity contribution in [2.24, 2.45) is 0 Å². The molecule has 0 amide bonds. The van der Waals surface area contributed by atoms with Crippen LogP contribution in [-0.2, 0) is 9.53 Å². The summed E-state index contributed by atoms with van der Waals surface area (Å²) in [5.74, 6) is 0. The number of carbonyl (C=O) groups is 1. The summed E-state index contributed by atoms with van der Waals surface area (Å²) in [6, 6.07) is 1.09. The van der Waals surface area contributed by atoms with Crippen molar-refractivity contribution in [3.05, 3.63) is 44.2 Å². The molecule has 8 atom stereocenters. The third kappa shape index (κ3) is 6.63. The van der Waals surface area contributed by atoms with Crippen LogP contribution in [-0.4, -0.2) is 101 Å². The van der Waals surface area contributed by atoms with Gasteiger partial charge in [0.2, 0.25) is 0 Å². The normalized spacial score (nSPS) is 27.7. The van der Waals surface area contributed by atoms with Crippen LogP contribution in [0, 0.1) is 0 Å². The van der Waals surface area contributed by atoms with Crippen molar-refractivity contribution in [2.45, 2.75) is 49.0 Å². The number of rotatable bonds is 7. The minimum Gasteiger partial charge on any atom is -0.394 e.